The first-order valence-electron chi connectivity index (χ1n) is 11.7. The van der Waals surface area contributed by atoms with Crippen molar-refractivity contribution >= 4 is 12.0 Å². The summed E-state index contributed by atoms with van der Waals surface area (Å²) in [5.41, 5.74) is 2.29. The van der Waals surface area contributed by atoms with Crippen LogP contribution in [0.25, 0.3) is 23.0 Å². The van der Waals surface area contributed by atoms with Crippen LogP contribution in [0.5, 0.6) is 5.75 Å². The average Bonchev–Trinajstić information content (AvgIpc) is 3.33. The highest BCUT2D eigenvalue weighted by atomic mass is 19.1. The van der Waals surface area contributed by atoms with Crippen molar-refractivity contribution in [2.75, 3.05) is 32.9 Å². The van der Waals surface area contributed by atoms with Gasteiger partial charge >= 0.3 is 0 Å². The fraction of sp³-hybridized carbons (Fsp3) is 0.296. The van der Waals surface area contributed by atoms with Crippen LogP contribution in [0.3, 0.4) is 0 Å². The summed E-state index contributed by atoms with van der Waals surface area (Å²) in [6, 6.07) is 16.2. The molecule has 0 unspecified atom stereocenters. The molecule has 3 aromatic rings. The Labute approximate surface area is 204 Å². The van der Waals surface area contributed by atoms with Crippen LogP contribution < -0.4 is 4.74 Å². The number of carbonyl (C=O) groups is 1. The van der Waals surface area contributed by atoms with Crippen molar-refractivity contribution in [2.24, 2.45) is 0 Å². The first kappa shape index (κ1) is 24.2. The van der Waals surface area contributed by atoms with Gasteiger partial charge in [-0.1, -0.05) is 31.5 Å². The summed E-state index contributed by atoms with van der Waals surface area (Å²) in [7, 11) is 0. The number of para-hydroxylation sites is 1. The third-order valence-electron chi connectivity index (χ3n) is 5.67. The van der Waals surface area contributed by atoms with Crippen LogP contribution in [0.2, 0.25) is 0 Å². The lowest BCUT2D eigenvalue weighted by Crippen LogP contribution is -2.41. The van der Waals surface area contributed by atoms with Crippen LogP contribution >= 0.6 is 0 Å². The van der Waals surface area contributed by atoms with Crippen molar-refractivity contribution in [3.8, 4) is 28.8 Å². The highest BCUT2D eigenvalue weighted by Crippen LogP contribution is 2.30. The molecule has 1 saturated heterocycles. The molecule has 2 heterocycles. The average molecular weight is 475 g/mol. The van der Waals surface area contributed by atoms with Crippen molar-refractivity contribution in [1.29, 1.82) is 5.26 Å². The number of nitrogens with zero attached hydrogens (tertiary/aromatic N) is 4. The van der Waals surface area contributed by atoms with Gasteiger partial charge in [-0.3, -0.25) is 4.79 Å². The van der Waals surface area contributed by atoms with Gasteiger partial charge in [-0.05, 0) is 42.8 Å². The Balaban J connectivity index is 1.73. The van der Waals surface area contributed by atoms with Crippen LogP contribution in [0, 0.1) is 17.1 Å². The number of benzene rings is 2. The summed E-state index contributed by atoms with van der Waals surface area (Å²) in [6.07, 6.45) is 5.05. The summed E-state index contributed by atoms with van der Waals surface area (Å²) >= 11 is 0. The topological polar surface area (TPSA) is 80.4 Å². The Hall–Kier alpha value is -3.96. The third-order valence-corrected chi connectivity index (χ3v) is 5.67. The highest BCUT2D eigenvalue weighted by Gasteiger charge is 2.22. The normalized spacial score (nSPS) is 14.0. The summed E-state index contributed by atoms with van der Waals surface area (Å²) in [5, 5.41) is 14.4. The zero-order chi connectivity index (χ0) is 24.6. The molecular formula is C27H27FN4O3. The van der Waals surface area contributed by atoms with E-state index in [1.54, 1.807) is 27.9 Å². The SMILES string of the molecule is CCCCOc1ccc(-c2nn(-c3ccccc3)cc2/C=C(\C#N)C(=O)N2CCOCC2)cc1F. The maximum Gasteiger partial charge on any atom is 0.264 e. The number of hydrogen-bond acceptors (Lipinski definition) is 5. The van der Waals surface area contributed by atoms with E-state index in [-0.39, 0.29) is 17.2 Å². The zero-order valence-corrected chi connectivity index (χ0v) is 19.6. The second-order valence-corrected chi connectivity index (χ2v) is 8.13. The number of ether oxygens (including phenoxy) is 2. The molecule has 2 aromatic carbocycles. The summed E-state index contributed by atoms with van der Waals surface area (Å²) < 4.78 is 27.3. The van der Waals surface area contributed by atoms with Gasteiger partial charge in [0, 0.05) is 30.4 Å². The molecule has 0 aliphatic carbocycles. The third kappa shape index (κ3) is 5.76. The molecule has 1 amide bonds. The van der Waals surface area contributed by atoms with Gasteiger partial charge < -0.3 is 14.4 Å². The molecule has 1 fully saturated rings. The lowest BCUT2D eigenvalue weighted by molar-refractivity contribution is -0.130. The van der Waals surface area contributed by atoms with Gasteiger partial charge in [0.15, 0.2) is 11.6 Å². The number of amides is 1. The molecule has 1 aliphatic rings. The predicted molar refractivity (Wildman–Crippen MR) is 130 cm³/mol. The first-order valence-corrected chi connectivity index (χ1v) is 11.7. The highest BCUT2D eigenvalue weighted by molar-refractivity contribution is 6.02. The number of hydrogen-bond donors (Lipinski definition) is 0. The monoisotopic (exact) mass is 474 g/mol. The number of carbonyl (C=O) groups excluding carboxylic acids is 1. The van der Waals surface area contributed by atoms with Gasteiger partial charge in [-0.2, -0.15) is 10.4 Å². The van der Waals surface area contributed by atoms with Crippen molar-refractivity contribution in [1.82, 2.24) is 14.7 Å². The van der Waals surface area contributed by atoms with Gasteiger partial charge in [0.1, 0.15) is 17.3 Å². The van der Waals surface area contributed by atoms with E-state index in [4.69, 9.17) is 9.47 Å². The van der Waals surface area contributed by atoms with Crippen molar-refractivity contribution in [2.45, 2.75) is 19.8 Å². The number of unbranched alkanes of at least 4 members (excludes halogenated alkanes) is 1. The molecule has 4 rings (SSSR count). The van der Waals surface area contributed by atoms with E-state index in [1.165, 1.54) is 12.1 Å². The molecule has 0 radical (unpaired) electrons. The Morgan fingerprint density at radius 1 is 1.23 bits per heavy atom. The van der Waals surface area contributed by atoms with E-state index in [9.17, 15) is 14.4 Å². The van der Waals surface area contributed by atoms with Gasteiger partial charge in [0.2, 0.25) is 0 Å². The van der Waals surface area contributed by atoms with Crippen molar-refractivity contribution < 1.29 is 18.7 Å². The number of morpholine rings is 1. The van der Waals surface area contributed by atoms with Crippen LogP contribution in [-0.4, -0.2) is 53.5 Å². The van der Waals surface area contributed by atoms with Crippen LogP contribution in [0.4, 0.5) is 4.39 Å². The lowest BCUT2D eigenvalue weighted by Gasteiger charge is -2.26. The molecule has 0 N–H and O–H groups in total. The van der Waals surface area contributed by atoms with E-state index in [1.807, 2.05) is 43.3 Å². The molecule has 7 nitrogen and oxygen atoms in total. The number of halogens is 1. The maximum atomic E-state index is 14.8. The van der Waals surface area contributed by atoms with Crippen molar-refractivity contribution in [3.63, 3.8) is 0 Å². The molecule has 8 heteroatoms. The zero-order valence-electron chi connectivity index (χ0n) is 19.6. The molecule has 0 saturated carbocycles. The fourth-order valence-electron chi connectivity index (χ4n) is 3.76. The number of rotatable bonds is 8. The van der Waals surface area contributed by atoms with Crippen LogP contribution in [0.15, 0.2) is 60.3 Å². The number of nitriles is 1. The van der Waals surface area contributed by atoms with E-state index < -0.39 is 5.82 Å². The standard InChI is InChI=1S/C27H27FN4O3/c1-2-3-13-35-25-10-9-20(17-24(25)28)26-22(19-32(30-26)23-7-5-4-6-8-23)16-21(18-29)27(33)31-11-14-34-15-12-31/h4-10,16-17,19H,2-3,11-15H2,1H3/b21-16+. The minimum Gasteiger partial charge on any atom is -0.491 e. The van der Waals surface area contributed by atoms with E-state index >= 15 is 0 Å². The summed E-state index contributed by atoms with van der Waals surface area (Å²) in [6.45, 7) is 4.22. The Morgan fingerprint density at radius 3 is 2.69 bits per heavy atom. The second kappa shape index (κ2) is 11.4. The molecular weight excluding hydrogens is 447 g/mol. The van der Waals surface area contributed by atoms with Crippen molar-refractivity contribution in [3.05, 3.63) is 71.7 Å². The Bertz CT molecular complexity index is 1240. The van der Waals surface area contributed by atoms with Gasteiger partial charge in [-0.15, -0.1) is 0 Å². The smallest absolute Gasteiger partial charge is 0.264 e. The molecule has 0 bridgehead atoms. The van der Waals surface area contributed by atoms with E-state index in [0.29, 0.717) is 49.7 Å². The molecule has 1 aliphatic heterocycles. The minimum absolute atomic E-state index is 0.0132. The Morgan fingerprint density at radius 2 is 2.00 bits per heavy atom. The molecule has 0 atom stereocenters. The number of aromatic nitrogens is 2. The molecule has 1 aromatic heterocycles. The quantitative estimate of drug-likeness (QED) is 0.270. The predicted octanol–water partition coefficient (Wildman–Crippen LogP) is 4.62. The van der Waals surface area contributed by atoms with E-state index in [2.05, 4.69) is 5.10 Å². The molecule has 180 valence electrons. The Kier molecular flexibility index (Phi) is 7.91. The second-order valence-electron chi connectivity index (χ2n) is 8.13. The molecule has 35 heavy (non-hydrogen) atoms. The van der Waals surface area contributed by atoms with Crippen LogP contribution in [-0.2, 0) is 9.53 Å². The summed E-state index contributed by atoms with van der Waals surface area (Å²) in [4.78, 5) is 14.6. The lowest BCUT2D eigenvalue weighted by atomic mass is 10.0. The van der Waals surface area contributed by atoms with E-state index in [0.717, 1.165) is 18.5 Å². The maximum absolute atomic E-state index is 14.8. The minimum atomic E-state index is -0.493. The fourth-order valence-corrected chi connectivity index (χ4v) is 3.76. The van der Waals surface area contributed by atoms with Gasteiger partial charge in [0.25, 0.3) is 5.91 Å². The van der Waals surface area contributed by atoms with Gasteiger partial charge in [0.05, 0.1) is 25.5 Å². The first-order chi connectivity index (χ1) is 17.1. The molecule has 0 spiro atoms. The van der Waals surface area contributed by atoms with Crippen LogP contribution in [0.1, 0.15) is 25.3 Å². The summed E-state index contributed by atoms with van der Waals surface area (Å²) in [5.74, 6) is -0.672. The largest absolute Gasteiger partial charge is 0.491 e. The van der Waals surface area contributed by atoms with Gasteiger partial charge in [-0.25, -0.2) is 9.07 Å².